The minimum atomic E-state index is 0.628. The molecular formula is C11H17N3O. The van der Waals surface area contributed by atoms with Crippen molar-refractivity contribution in [2.45, 2.75) is 31.7 Å². The summed E-state index contributed by atoms with van der Waals surface area (Å²) >= 11 is 0. The molecule has 4 nitrogen and oxygen atoms in total. The first-order chi connectivity index (χ1) is 7.45. The molecule has 1 aliphatic rings. The second-order valence-corrected chi connectivity index (χ2v) is 3.86. The van der Waals surface area contributed by atoms with E-state index in [1.165, 1.54) is 25.6 Å². The molecule has 1 aromatic rings. The van der Waals surface area contributed by atoms with E-state index in [4.69, 9.17) is 4.74 Å². The Morgan fingerprint density at radius 1 is 1.33 bits per heavy atom. The van der Waals surface area contributed by atoms with Crippen LogP contribution in [0.3, 0.4) is 0 Å². The normalized spacial score (nSPS) is 21.2. The van der Waals surface area contributed by atoms with Crippen molar-refractivity contribution in [1.82, 2.24) is 15.3 Å². The molecular weight excluding hydrogens is 190 g/mol. The van der Waals surface area contributed by atoms with Gasteiger partial charge in [-0.2, -0.15) is 0 Å². The fourth-order valence-electron chi connectivity index (χ4n) is 1.85. The molecule has 2 heterocycles. The van der Waals surface area contributed by atoms with Gasteiger partial charge in [0.15, 0.2) is 5.75 Å². The van der Waals surface area contributed by atoms with E-state index in [1.807, 2.05) is 0 Å². The third-order valence-electron chi connectivity index (χ3n) is 2.68. The summed E-state index contributed by atoms with van der Waals surface area (Å²) in [5, 5.41) is 3.49. The Morgan fingerprint density at radius 3 is 2.93 bits per heavy atom. The van der Waals surface area contributed by atoms with Crippen molar-refractivity contribution in [1.29, 1.82) is 0 Å². The number of nitrogens with zero attached hydrogens (tertiary/aromatic N) is 2. The van der Waals surface area contributed by atoms with Crippen LogP contribution in [-0.4, -0.2) is 29.2 Å². The van der Waals surface area contributed by atoms with Gasteiger partial charge in [-0.3, -0.25) is 0 Å². The average molecular weight is 207 g/mol. The maximum Gasteiger partial charge on any atom is 0.155 e. The number of nitrogens with one attached hydrogen (secondary N) is 1. The van der Waals surface area contributed by atoms with Crippen LogP contribution < -0.4 is 10.1 Å². The van der Waals surface area contributed by atoms with Gasteiger partial charge in [-0.25, -0.2) is 9.97 Å². The quantitative estimate of drug-likeness (QED) is 0.810. The monoisotopic (exact) mass is 207 g/mol. The summed E-state index contributed by atoms with van der Waals surface area (Å²) in [6, 6.07) is 0.628. The maximum atomic E-state index is 5.54. The first-order valence-electron chi connectivity index (χ1n) is 5.56. The first-order valence-corrected chi connectivity index (χ1v) is 5.56. The molecule has 1 N–H and O–H groups in total. The van der Waals surface area contributed by atoms with Crippen LogP contribution in [-0.2, 0) is 0 Å². The zero-order valence-corrected chi connectivity index (χ0v) is 8.85. The summed E-state index contributed by atoms with van der Waals surface area (Å²) < 4.78 is 5.54. The fourth-order valence-corrected chi connectivity index (χ4v) is 1.85. The maximum absolute atomic E-state index is 5.54. The smallest absolute Gasteiger partial charge is 0.155 e. The highest BCUT2D eigenvalue weighted by molar-refractivity contribution is 5.09. The Morgan fingerprint density at radius 2 is 2.20 bits per heavy atom. The van der Waals surface area contributed by atoms with Crippen LogP contribution in [0, 0.1) is 0 Å². The summed E-state index contributed by atoms with van der Waals surface area (Å²) in [6.07, 6.45) is 9.89. The van der Waals surface area contributed by atoms with E-state index in [1.54, 1.807) is 12.4 Å². The molecule has 0 aromatic carbocycles. The molecule has 4 heteroatoms. The van der Waals surface area contributed by atoms with E-state index in [9.17, 15) is 0 Å². The first kappa shape index (κ1) is 10.4. The van der Waals surface area contributed by atoms with Gasteiger partial charge in [0.05, 0.1) is 19.0 Å². The van der Waals surface area contributed by atoms with E-state index in [0.29, 0.717) is 6.04 Å². The highest BCUT2D eigenvalue weighted by Gasteiger charge is 2.11. The number of aromatic nitrogens is 2. The van der Waals surface area contributed by atoms with Crippen LogP contribution in [0.15, 0.2) is 18.7 Å². The summed E-state index contributed by atoms with van der Waals surface area (Å²) in [5.74, 6) is 0.758. The standard InChI is InChI=1S/C11H17N3O/c1-2-5-14-10(3-1)4-6-15-11-7-12-9-13-8-11/h7-10,14H,1-6H2/t10-/m0/s1. The van der Waals surface area contributed by atoms with Crippen LogP contribution in [0.4, 0.5) is 0 Å². The molecule has 0 spiro atoms. The molecule has 0 amide bonds. The minimum Gasteiger partial charge on any atom is -0.490 e. The summed E-state index contributed by atoms with van der Waals surface area (Å²) in [5.41, 5.74) is 0. The predicted octanol–water partition coefficient (Wildman–Crippen LogP) is 1.39. The van der Waals surface area contributed by atoms with Crippen LogP contribution >= 0.6 is 0 Å². The SMILES string of the molecule is c1ncc(OCC[C@@H]2CCCCN2)cn1. The molecule has 1 aromatic heterocycles. The summed E-state index contributed by atoms with van der Waals surface area (Å²) in [7, 11) is 0. The number of hydrogen-bond acceptors (Lipinski definition) is 4. The molecule has 82 valence electrons. The average Bonchev–Trinajstić information content (AvgIpc) is 2.32. The lowest BCUT2D eigenvalue weighted by Gasteiger charge is -2.23. The van der Waals surface area contributed by atoms with Gasteiger partial charge in [0.2, 0.25) is 0 Å². The molecule has 0 radical (unpaired) electrons. The van der Waals surface area contributed by atoms with Crippen molar-refractivity contribution in [3.05, 3.63) is 18.7 Å². The summed E-state index contributed by atoms with van der Waals surface area (Å²) in [6.45, 7) is 1.89. The van der Waals surface area contributed by atoms with Gasteiger partial charge in [0, 0.05) is 6.04 Å². The van der Waals surface area contributed by atoms with Gasteiger partial charge in [-0.1, -0.05) is 6.42 Å². The van der Waals surface area contributed by atoms with E-state index in [0.717, 1.165) is 25.3 Å². The van der Waals surface area contributed by atoms with Crippen LogP contribution in [0.2, 0.25) is 0 Å². The Kier molecular flexibility index (Phi) is 3.91. The number of ether oxygens (including phenoxy) is 1. The zero-order valence-electron chi connectivity index (χ0n) is 8.85. The molecule has 0 unspecified atom stereocenters. The van der Waals surface area contributed by atoms with E-state index >= 15 is 0 Å². The Bertz CT molecular complexity index is 272. The van der Waals surface area contributed by atoms with E-state index < -0.39 is 0 Å². The lowest BCUT2D eigenvalue weighted by Crippen LogP contribution is -2.35. The third-order valence-corrected chi connectivity index (χ3v) is 2.68. The molecule has 15 heavy (non-hydrogen) atoms. The molecule has 0 saturated carbocycles. The molecule has 0 bridgehead atoms. The fraction of sp³-hybridized carbons (Fsp3) is 0.636. The van der Waals surface area contributed by atoms with Gasteiger partial charge in [0.25, 0.3) is 0 Å². The van der Waals surface area contributed by atoms with Gasteiger partial charge >= 0.3 is 0 Å². The van der Waals surface area contributed by atoms with Crippen LogP contribution in [0.25, 0.3) is 0 Å². The summed E-state index contributed by atoms with van der Waals surface area (Å²) in [4.78, 5) is 7.80. The van der Waals surface area contributed by atoms with Crippen molar-refractivity contribution in [3.8, 4) is 5.75 Å². The lowest BCUT2D eigenvalue weighted by atomic mass is 10.0. The van der Waals surface area contributed by atoms with Crippen LogP contribution in [0.5, 0.6) is 5.75 Å². The highest BCUT2D eigenvalue weighted by Crippen LogP contribution is 2.11. The second-order valence-electron chi connectivity index (χ2n) is 3.86. The van der Waals surface area contributed by atoms with Crippen LogP contribution in [0.1, 0.15) is 25.7 Å². The van der Waals surface area contributed by atoms with Crippen molar-refractivity contribution < 1.29 is 4.74 Å². The molecule has 1 atom stereocenters. The predicted molar refractivity (Wildman–Crippen MR) is 57.8 cm³/mol. The molecule has 1 saturated heterocycles. The number of hydrogen-bond donors (Lipinski definition) is 1. The third kappa shape index (κ3) is 3.47. The van der Waals surface area contributed by atoms with E-state index in [-0.39, 0.29) is 0 Å². The number of rotatable bonds is 4. The second kappa shape index (κ2) is 5.66. The molecule has 1 fully saturated rings. The van der Waals surface area contributed by atoms with Gasteiger partial charge in [-0.05, 0) is 25.8 Å². The topological polar surface area (TPSA) is 47.0 Å². The Hall–Kier alpha value is -1.16. The largest absolute Gasteiger partial charge is 0.490 e. The van der Waals surface area contributed by atoms with Crippen molar-refractivity contribution in [3.63, 3.8) is 0 Å². The van der Waals surface area contributed by atoms with E-state index in [2.05, 4.69) is 15.3 Å². The highest BCUT2D eigenvalue weighted by atomic mass is 16.5. The van der Waals surface area contributed by atoms with Crippen molar-refractivity contribution in [2.75, 3.05) is 13.2 Å². The Balaban J connectivity index is 1.66. The van der Waals surface area contributed by atoms with Gasteiger partial charge in [0.1, 0.15) is 6.33 Å². The van der Waals surface area contributed by atoms with Gasteiger partial charge < -0.3 is 10.1 Å². The minimum absolute atomic E-state index is 0.628. The lowest BCUT2D eigenvalue weighted by molar-refractivity contribution is 0.266. The molecule has 0 aliphatic carbocycles. The number of piperidine rings is 1. The van der Waals surface area contributed by atoms with Crippen molar-refractivity contribution >= 4 is 0 Å². The van der Waals surface area contributed by atoms with Crippen molar-refractivity contribution in [2.24, 2.45) is 0 Å². The Labute approximate surface area is 90.1 Å². The molecule has 1 aliphatic heterocycles. The van der Waals surface area contributed by atoms with Gasteiger partial charge in [-0.15, -0.1) is 0 Å². The zero-order chi connectivity index (χ0) is 10.3. The molecule has 2 rings (SSSR count).